The van der Waals surface area contributed by atoms with Gasteiger partial charge in [-0.2, -0.15) is 0 Å². The molecular weight excluding hydrogens is 275 g/mol. The van der Waals surface area contributed by atoms with Crippen LogP contribution in [0.5, 0.6) is 5.75 Å². The zero-order valence-corrected chi connectivity index (χ0v) is 10.6. The summed E-state index contributed by atoms with van der Waals surface area (Å²) in [5, 5.41) is 9.85. The summed E-state index contributed by atoms with van der Waals surface area (Å²) in [5.74, 6) is 0.438. The van der Waals surface area contributed by atoms with E-state index < -0.39 is 0 Å². The molecule has 1 aromatic rings. The normalized spacial score (nSPS) is 11.8. The molecule has 2 heteroatoms. The molecule has 1 rings (SSSR count). The number of aryl methyl sites for hydroxylation is 1. The van der Waals surface area contributed by atoms with E-state index in [0.717, 1.165) is 11.1 Å². The molecule has 0 aliphatic heterocycles. The Morgan fingerprint density at radius 3 is 2.23 bits per heavy atom. The minimum absolute atomic E-state index is 0.00995. The lowest BCUT2D eigenvalue weighted by atomic mass is 9.85. The van der Waals surface area contributed by atoms with Gasteiger partial charge < -0.3 is 5.11 Å². The molecule has 0 bridgehead atoms. The second-order valence-corrected chi connectivity index (χ2v) is 5.61. The van der Waals surface area contributed by atoms with E-state index in [-0.39, 0.29) is 5.41 Å². The van der Waals surface area contributed by atoms with Crippen LogP contribution in [0.2, 0.25) is 0 Å². The van der Waals surface area contributed by atoms with E-state index in [1.54, 1.807) is 0 Å². The molecule has 0 saturated heterocycles. The lowest BCUT2D eigenvalue weighted by molar-refractivity contribution is 0.442. The molecule has 0 aliphatic rings. The molecule has 0 atom stereocenters. The minimum Gasteiger partial charge on any atom is -0.507 e. The van der Waals surface area contributed by atoms with Crippen molar-refractivity contribution in [3.05, 3.63) is 26.8 Å². The molecule has 0 spiro atoms. The molecule has 0 fully saturated rings. The number of rotatable bonds is 0. The van der Waals surface area contributed by atoms with Crippen molar-refractivity contribution in [1.29, 1.82) is 0 Å². The van der Waals surface area contributed by atoms with Gasteiger partial charge in [0.1, 0.15) is 5.75 Å². The zero-order valence-electron chi connectivity index (χ0n) is 8.48. The predicted octanol–water partition coefficient (Wildman–Crippen LogP) is 3.60. The zero-order chi connectivity index (χ0) is 10.2. The summed E-state index contributed by atoms with van der Waals surface area (Å²) >= 11 is 2.28. The van der Waals surface area contributed by atoms with Crippen LogP contribution in [-0.4, -0.2) is 5.11 Å². The molecule has 0 unspecified atom stereocenters. The number of phenols is 1. The highest BCUT2D eigenvalue weighted by Gasteiger charge is 2.19. The lowest BCUT2D eigenvalue weighted by Crippen LogP contribution is -2.12. The van der Waals surface area contributed by atoms with E-state index >= 15 is 0 Å². The molecule has 72 valence electrons. The maximum atomic E-state index is 9.85. The van der Waals surface area contributed by atoms with Crippen molar-refractivity contribution in [2.24, 2.45) is 0 Å². The van der Waals surface area contributed by atoms with Crippen molar-refractivity contribution in [1.82, 2.24) is 0 Å². The molecule has 0 heterocycles. The fourth-order valence-electron chi connectivity index (χ4n) is 1.31. The van der Waals surface area contributed by atoms with Gasteiger partial charge in [-0.15, -0.1) is 0 Å². The van der Waals surface area contributed by atoms with Crippen LogP contribution in [0.4, 0.5) is 0 Å². The maximum absolute atomic E-state index is 9.85. The van der Waals surface area contributed by atoms with Gasteiger partial charge in [0.15, 0.2) is 0 Å². The van der Waals surface area contributed by atoms with Gasteiger partial charge in [0.2, 0.25) is 0 Å². The molecule has 1 aromatic carbocycles. The SMILES string of the molecule is Cc1cc(I)cc(C(C)(C)C)c1O. The first-order valence-electron chi connectivity index (χ1n) is 4.32. The first-order chi connectivity index (χ1) is 5.82. The first-order valence-corrected chi connectivity index (χ1v) is 5.40. The van der Waals surface area contributed by atoms with Crippen LogP contribution in [0.25, 0.3) is 0 Å². The van der Waals surface area contributed by atoms with Crippen LogP contribution in [0, 0.1) is 10.5 Å². The second kappa shape index (κ2) is 3.48. The van der Waals surface area contributed by atoms with Crippen LogP contribution in [0.15, 0.2) is 12.1 Å². The van der Waals surface area contributed by atoms with Gasteiger partial charge in [0, 0.05) is 9.13 Å². The molecule has 0 radical (unpaired) electrons. The number of benzene rings is 1. The third kappa shape index (κ3) is 2.36. The van der Waals surface area contributed by atoms with E-state index in [0.29, 0.717) is 5.75 Å². The highest BCUT2D eigenvalue weighted by molar-refractivity contribution is 14.1. The fraction of sp³-hybridized carbons (Fsp3) is 0.455. The van der Waals surface area contributed by atoms with E-state index in [2.05, 4.69) is 43.4 Å². The Morgan fingerprint density at radius 1 is 1.23 bits per heavy atom. The quantitative estimate of drug-likeness (QED) is 0.724. The third-order valence-electron chi connectivity index (χ3n) is 2.07. The predicted molar refractivity (Wildman–Crippen MR) is 64.3 cm³/mol. The van der Waals surface area contributed by atoms with Crippen LogP contribution >= 0.6 is 22.6 Å². The maximum Gasteiger partial charge on any atom is 0.122 e. The van der Waals surface area contributed by atoms with Gasteiger partial charge in [-0.05, 0) is 52.6 Å². The Balaban J connectivity index is 3.37. The Bertz CT molecular complexity index is 324. The number of halogens is 1. The Morgan fingerprint density at radius 2 is 1.77 bits per heavy atom. The van der Waals surface area contributed by atoms with E-state index in [4.69, 9.17) is 0 Å². The first kappa shape index (κ1) is 10.8. The van der Waals surface area contributed by atoms with Crippen LogP contribution in [0.3, 0.4) is 0 Å². The number of hydrogen-bond donors (Lipinski definition) is 1. The van der Waals surface area contributed by atoms with Crippen LogP contribution < -0.4 is 0 Å². The molecule has 0 aromatic heterocycles. The number of hydrogen-bond acceptors (Lipinski definition) is 1. The smallest absolute Gasteiger partial charge is 0.122 e. The van der Waals surface area contributed by atoms with Crippen molar-refractivity contribution in [2.45, 2.75) is 33.1 Å². The van der Waals surface area contributed by atoms with Crippen molar-refractivity contribution < 1.29 is 5.11 Å². The summed E-state index contributed by atoms with van der Waals surface area (Å²) in [6.07, 6.45) is 0. The Labute approximate surface area is 93.3 Å². The summed E-state index contributed by atoms with van der Waals surface area (Å²) in [5.41, 5.74) is 1.99. The van der Waals surface area contributed by atoms with Gasteiger partial charge in [0.25, 0.3) is 0 Å². The summed E-state index contributed by atoms with van der Waals surface area (Å²) in [6.45, 7) is 8.26. The second-order valence-electron chi connectivity index (χ2n) is 4.37. The van der Waals surface area contributed by atoms with E-state index in [9.17, 15) is 5.11 Å². The molecule has 0 aliphatic carbocycles. The van der Waals surface area contributed by atoms with Gasteiger partial charge in [-0.3, -0.25) is 0 Å². The Kier molecular flexibility index (Phi) is 2.90. The molecule has 0 amide bonds. The van der Waals surface area contributed by atoms with E-state index in [1.807, 2.05) is 19.1 Å². The summed E-state index contributed by atoms with van der Waals surface area (Å²) in [7, 11) is 0. The average Bonchev–Trinajstić information content (AvgIpc) is 1.94. The fourth-order valence-corrected chi connectivity index (χ4v) is 2.09. The monoisotopic (exact) mass is 290 g/mol. The van der Waals surface area contributed by atoms with Crippen molar-refractivity contribution in [3.63, 3.8) is 0 Å². The minimum atomic E-state index is 0.00995. The number of phenolic OH excluding ortho intramolecular Hbond substituents is 1. The van der Waals surface area contributed by atoms with Crippen molar-refractivity contribution >= 4 is 22.6 Å². The highest BCUT2D eigenvalue weighted by atomic mass is 127. The Hall–Kier alpha value is -0.250. The van der Waals surface area contributed by atoms with Crippen LogP contribution in [-0.2, 0) is 5.41 Å². The summed E-state index contributed by atoms with van der Waals surface area (Å²) < 4.78 is 1.18. The van der Waals surface area contributed by atoms with Gasteiger partial charge in [-0.1, -0.05) is 20.8 Å². The molecular formula is C11H15IO. The van der Waals surface area contributed by atoms with Gasteiger partial charge in [0.05, 0.1) is 0 Å². The van der Waals surface area contributed by atoms with Gasteiger partial charge in [-0.25, -0.2) is 0 Å². The molecule has 1 N–H and O–H groups in total. The highest BCUT2D eigenvalue weighted by Crippen LogP contribution is 2.34. The molecule has 0 saturated carbocycles. The topological polar surface area (TPSA) is 20.2 Å². The van der Waals surface area contributed by atoms with Crippen molar-refractivity contribution in [2.75, 3.05) is 0 Å². The molecule has 13 heavy (non-hydrogen) atoms. The average molecular weight is 290 g/mol. The van der Waals surface area contributed by atoms with E-state index in [1.165, 1.54) is 3.57 Å². The lowest BCUT2D eigenvalue weighted by Gasteiger charge is -2.21. The third-order valence-corrected chi connectivity index (χ3v) is 2.70. The van der Waals surface area contributed by atoms with Gasteiger partial charge >= 0.3 is 0 Å². The van der Waals surface area contributed by atoms with Crippen molar-refractivity contribution in [3.8, 4) is 5.75 Å². The molecule has 1 nitrogen and oxygen atoms in total. The largest absolute Gasteiger partial charge is 0.507 e. The summed E-state index contributed by atoms with van der Waals surface area (Å²) in [6, 6.07) is 4.04. The number of aromatic hydroxyl groups is 1. The van der Waals surface area contributed by atoms with Crippen LogP contribution in [0.1, 0.15) is 31.9 Å². The standard InChI is InChI=1S/C11H15IO/c1-7-5-8(12)6-9(10(7)13)11(2,3)4/h5-6,13H,1-4H3. The summed E-state index contributed by atoms with van der Waals surface area (Å²) in [4.78, 5) is 0.